The van der Waals surface area contributed by atoms with Gasteiger partial charge >= 0.3 is 0 Å². The first-order valence-corrected chi connectivity index (χ1v) is 6.21. The Hall–Kier alpha value is -1.58. The van der Waals surface area contributed by atoms with Gasteiger partial charge in [0.1, 0.15) is 5.75 Å². The Morgan fingerprint density at radius 2 is 2.17 bits per heavy atom. The van der Waals surface area contributed by atoms with Crippen LogP contribution in [0.5, 0.6) is 5.75 Å². The van der Waals surface area contributed by atoms with Crippen LogP contribution in [0, 0.1) is 11.7 Å². The second-order valence-corrected chi connectivity index (χ2v) is 5.07. The highest BCUT2D eigenvalue weighted by Gasteiger charge is 2.28. The highest BCUT2D eigenvalue weighted by molar-refractivity contribution is 6.01. The molecule has 1 aliphatic rings. The lowest BCUT2D eigenvalue weighted by atomic mass is 10.1. The van der Waals surface area contributed by atoms with Crippen LogP contribution in [0.2, 0.25) is 0 Å². The van der Waals surface area contributed by atoms with Crippen LogP contribution in [0.1, 0.15) is 25.8 Å². The summed E-state index contributed by atoms with van der Waals surface area (Å²) >= 11 is 0. The van der Waals surface area contributed by atoms with Crippen LogP contribution in [0.15, 0.2) is 12.1 Å². The SMILES string of the molecule is CC(C)CCOc1cc(F)c2c(c1)CC(=O)N2C. The van der Waals surface area contributed by atoms with Crippen molar-refractivity contribution in [1.29, 1.82) is 0 Å². The Labute approximate surface area is 107 Å². The zero-order valence-corrected chi connectivity index (χ0v) is 11.0. The molecule has 0 radical (unpaired) electrons. The summed E-state index contributed by atoms with van der Waals surface area (Å²) in [5.41, 5.74) is 1.10. The molecule has 1 heterocycles. The number of carbonyl (C=O) groups excluding carboxylic acids is 1. The summed E-state index contributed by atoms with van der Waals surface area (Å²) in [6.07, 6.45) is 1.18. The van der Waals surface area contributed by atoms with Crippen molar-refractivity contribution in [3.63, 3.8) is 0 Å². The van der Waals surface area contributed by atoms with E-state index in [1.807, 2.05) is 0 Å². The van der Waals surface area contributed by atoms with Crippen molar-refractivity contribution in [1.82, 2.24) is 0 Å². The molecule has 0 aromatic heterocycles. The summed E-state index contributed by atoms with van der Waals surface area (Å²) in [5, 5.41) is 0. The van der Waals surface area contributed by atoms with E-state index in [0.717, 1.165) is 6.42 Å². The number of amides is 1. The van der Waals surface area contributed by atoms with Crippen LogP contribution in [-0.2, 0) is 11.2 Å². The highest BCUT2D eigenvalue weighted by atomic mass is 19.1. The molecule has 1 amide bonds. The standard InChI is InChI=1S/C14H18FNO2/c1-9(2)4-5-18-11-6-10-7-13(17)16(3)14(10)12(15)8-11/h6,8-9H,4-5,7H2,1-3H3. The molecular formula is C14H18FNO2. The number of benzene rings is 1. The third-order valence-corrected chi connectivity index (χ3v) is 3.13. The summed E-state index contributed by atoms with van der Waals surface area (Å²) in [5.74, 6) is 0.593. The Morgan fingerprint density at radius 3 is 2.83 bits per heavy atom. The molecule has 0 atom stereocenters. The third kappa shape index (κ3) is 2.47. The summed E-state index contributed by atoms with van der Waals surface area (Å²) in [6.45, 7) is 4.79. The maximum atomic E-state index is 13.9. The minimum absolute atomic E-state index is 0.0803. The molecule has 98 valence electrons. The van der Waals surface area contributed by atoms with Gasteiger partial charge in [-0.1, -0.05) is 13.8 Å². The number of hydrogen-bond donors (Lipinski definition) is 0. The van der Waals surface area contributed by atoms with Crippen LogP contribution in [0.25, 0.3) is 0 Å². The lowest BCUT2D eigenvalue weighted by molar-refractivity contribution is -0.117. The number of hydrogen-bond acceptors (Lipinski definition) is 2. The average Bonchev–Trinajstić information content (AvgIpc) is 2.54. The quantitative estimate of drug-likeness (QED) is 0.823. The molecule has 0 N–H and O–H groups in total. The van der Waals surface area contributed by atoms with Gasteiger partial charge in [-0.05, 0) is 24.0 Å². The number of nitrogens with zero attached hydrogens (tertiary/aromatic N) is 1. The number of anilines is 1. The molecule has 0 unspecified atom stereocenters. The van der Waals surface area contributed by atoms with E-state index >= 15 is 0 Å². The number of halogens is 1. The maximum absolute atomic E-state index is 13.9. The van der Waals surface area contributed by atoms with E-state index < -0.39 is 0 Å². The molecule has 2 rings (SSSR count). The lowest BCUT2D eigenvalue weighted by Crippen LogP contribution is -2.21. The number of likely N-dealkylation sites (N-methyl/N-ethyl adjacent to an activating group) is 1. The van der Waals surface area contributed by atoms with Gasteiger partial charge in [0.25, 0.3) is 0 Å². The van der Waals surface area contributed by atoms with Gasteiger partial charge in [-0.3, -0.25) is 4.79 Å². The van der Waals surface area contributed by atoms with Crippen molar-refractivity contribution >= 4 is 11.6 Å². The Morgan fingerprint density at radius 1 is 1.44 bits per heavy atom. The molecule has 0 saturated carbocycles. The van der Waals surface area contributed by atoms with E-state index in [0.29, 0.717) is 29.5 Å². The fourth-order valence-corrected chi connectivity index (χ4v) is 2.04. The van der Waals surface area contributed by atoms with Crippen molar-refractivity contribution in [2.24, 2.45) is 5.92 Å². The van der Waals surface area contributed by atoms with Gasteiger partial charge in [-0.2, -0.15) is 0 Å². The smallest absolute Gasteiger partial charge is 0.231 e. The first-order chi connectivity index (χ1) is 8.49. The van der Waals surface area contributed by atoms with Crippen molar-refractivity contribution in [3.8, 4) is 5.75 Å². The Bertz CT molecular complexity index is 471. The molecule has 0 saturated heterocycles. The second-order valence-electron chi connectivity index (χ2n) is 5.07. The van der Waals surface area contributed by atoms with Gasteiger partial charge in [-0.25, -0.2) is 4.39 Å². The number of ether oxygens (including phenoxy) is 1. The molecule has 1 aromatic carbocycles. The molecular weight excluding hydrogens is 233 g/mol. The second kappa shape index (κ2) is 4.96. The van der Waals surface area contributed by atoms with E-state index in [1.165, 1.54) is 11.0 Å². The van der Waals surface area contributed by atoms with Crippen molar-refractivity contribution in [2.45, 2.75) is 26.7 Å². The molecule has 1 aromatic rings. The van der Waals surface area contributed by atoms with Crippen LogP contribution in [0.4, 0.5) is 10.1 Å². The molecule has 3 nitrogen and oxygen atoms in total. The van der Waals surface area contributed by atoms with Crippen molar-refractivity contribution in [3.05, 3.63) is 23.5 Å². The number of fused-ring (bicyclic) bond motifs is 1. The van der Waals surface area contributed by atoms with Gasteiger partial charge in [0.05, 0.1) is 18.7 Å². The zero-order valence-electron chi connectivity index (χ0n) is 11.0. The van der Waals surface area contributed by atoms with Crippen LogP contribution in [0.3, 0.4) is 0 Å². The normalized spacial score (nSPS) is 14.3. The lowest BCUT2D eigenvalue weighted by Gasteiger charge is -2.13. The van der Waals surface area contributed by atoms with Gasteiger partial charge < -0.3 is 9.64 Å². The van der Waals surface area contributed by atoms with E-state index in [2.05, 4.69) is 13.8 Å². The molecule has 0 bridgehead atoms. The van der Waals surface area contributed by atoms with Crippen LogP contribution >= 0.6 is 0 Å². The Balaban J connectivity index is 2.14. The molecule has 0 fully saturated rings. The van der Waals surface area contributed by atoms with E-state index in [-0.39, 0.29) is 18.1 Å². The highest BCUT2D eigenvalue weighted by Crippen LogP contribution is 2.34. The predicted molar refractivity (Wildman–Crippen MR) is 68.5 cm³/mol. The van der Waals surface area contributed by atoms with E-state index in [4.69, 9.17) is 4.74 Å². The van der Waals surface area contributed by atoms with Gasteiger partial charge in [-0.15, -0.1) is 0 Å². The number of carbonyl (C=O) groups is 1. The number of rotatable bonds is 4. The van der Waals surface area contributed by atoms with E-state index in [9.17, 15) is 9.18 Å². The van der Waals surface area contributed by atoms with Gasteiger partial charge in [0, 0.05) is 13.1 Å². The molecule has 1 aliphatic heterocycles. The van der Waals surface area contributed by atoms with Crippen molar-refractivity contribution in [2.75, 3.05) is 18.6 Å². The first kappa shape index (κ1) is 12.9. The Kier molecular flexibility index (Phi) is 3.55. The minimum atomic E-state index is -0.389. The van der Waals surface area contributed by atoms with E-state index in [1.54, 1.807) is 13.1 Å². The van der Waals surface area contributed by atoms with Gasteiger partial charge in [0.15, 0.2) is 5.82 Å². The third-order valence-electron chi connectivity index (χ3n) is 3.13. The van der Waals surface area contributed by atoms with Crippen LogP contribution < -0.4 is 9.64 Å². The predicted octanol–water partition coefficient (Wildman–Crippen LogP) is 2.77. The van der Waals surface area contributed by atoms with Crippen LogP contribution in [-0.4, -0.2) is 19.6 Å². The molecule has 4 heteroatoms. The summed E-state index contributed by atoms with van der Waals surface area (Å²) in [4.78, 5) is 12.9. The largest absolute Gasteiger partial charge is 0.493 e. The zero-order chi connectivity index (χ0) is 13.3. The molecule has 18 heavy (non-hydrogen) atoms. The summed E-state index contributed by atoms with van der Waals surface area (Å²) in [6, 6.07) is 3.12. The summed E-state index contributed by atoms with van der Waals surface area (Å²) in [7, 11) is 1.59. The topological polar surface area (TPSA) is 29.5 Å². The molecule has 0 aliphatic carbocycles. The minimum Gasteiger partial charge on any atom is -0.493 e. The first-order valence-electron chi connectivity index (χ1n) is 6.21. The summed E-state index contributed by atoms with van der Waals surface area (Å²) < 4.78 is 19.4. The maximum Gasteiger partial charge on any atom is 0.231 e. The fourth-order valence-electron chi connectivity index (χ4n) is 2.04. The monoisotopic (exact) mass is 251 g/mol. The fraction of sp³-hybridized carbons (Fsp3) is 0.500. The van der Waals surface area contributed by atoms with Crippen molar-refractivity contribution < 1.29 is 13.9 Å². The molecule has 0 spiro atoms. The van der Waals surface area contributed by atoms with Gasteiger partial charge in [0.2, 0.25) is 5.91 Å². The average molecular weight is 251 g/mol.